The van der Waals surface area contributed by atoms with Crippen LogP contribution in [-0.4, -0.2) is 41.7 Å². The molecule has 206 valence electrons. The molecule has 0 amide bonds. The fourth-order valence-corrected chi connectivity index (χ4v) is 7.50. The predicted molar refractivity (Wildman–Crippen MR) is 151 cm³/mol. The van der Waals surface area contributed by atoms with Gasteiger partial charge in [0.1, 0.15) is 11.5 Å². The van der Waals surface area contributed by atoms with Gasteiger partial charge in [-0.15, -0.1) is 0 Å². The number of ether oxygens (including phenoxy) is 2. The van der Waals surface area contributed by atoms with Crippen LogP contribution in [-0.2, 0) is 27.2 Å². The van der Waals surface area contributed by atoms with Crippen LogP contribution in [0.1, 0.15) is 37.8 Å². The summed E-state index contributed by atoms with van der Waals surface area (Å²) in [5.41, 5.74) is 2.71. The lowest BCUT2D eigenvalue weighted by Gasteiger charge is -2.28. The molecule has 0 aliphatic heterocycles. The number of rotatable bonds is 13. The van der Waals surface area contributed by atoms with E-state index in [0.717, 1.165) is 5.56 Å². The van der Waals surface area contributed by atoms with Crippen molar-refractivity contribution >= 4 is 25.8 Å². The molecule has 38 heavy (non-hydrogen) atoms. The summed E-state index contributed by atoms with van der Waals surface area (Å²) in [4.78, 5) is 0. The smallest absolute Gasteiger partial charge is 0.361 e. The van der Waals surface area contributed by atoms with Crippen LogP contribution in [0.2, 0.25) is 0 Å². The van der Waals surface area contributed by atoms with Crippen molar-refractivity contribution in [3.8, 4) is 22.6 Å². The van der Waals surface area contributed by atoms with E-state index in [4.69, 9.17) is 27.6 Å². The maximum atomic E-state index is 14.2. The van der Waals surface area contributed by atoms with Gasteiger partial charge in [0, 0.05) is 39.9 Å². The van der Waals surface area contributed by atoms with Crippen molar-refractivity contribution in [3.05, 3.63) is 71.8 Å². The normalized spacial score (nSPS) is 12.8. The molecule has 0 heterocycles. The fourth-order valence-electron chi connectivity index (χ4n) is 4.47. The minimum Gasteiger partial charge on any atom is -0.494 e. The summed E-state index contributed by atoms with van der Waals surface area (Å²) in [7, 11) is -2.13. The molecule has 3 rings (SSSR count). The third-order valence-electron chi connectivity index (χ3n) is 6.31. The first-order valence-electron chi connectivity index (χ1n) is 12.3. The summed E-state index contributed by atoms with van der Waals surface area (Å²) in [6.45, 7) is 6.53. The lowest BCUT2D eigenvalue weighted by atomic mass is 9.90. The molecular weight excluding hydrogens is 526 g/mol. The van der Waals surface area contributed by atoms with Crippen molar-refractivity contribution in [2.45, 2.75) is 26.7 Å². The SMILES string of the molecule is CCOc1ccc(C(C)c2ccc(OCC)c(-c3ccccc3)c2P(=O)(OC)OC)c(P(=O)(OC)OC)c1. The van der Waals surface area contributed by atoms with Crippen LogP contribution in [0.5, 0.6) is 11.5 Å². The maximum absolute atomic E-state index is 14.2. The molecule has 3 aromatic rings. The van der Waals surface area contributed by atoms with Gasteiger partial charge < -0.3 is 27.6 Å². The number of hydrogen-bond acceptors (Lipinski definition) is 8. The van der Waals surface area contributed by atoms with Crippen molar-refractivity contribution < 1.29 is 36.7 Å². The zero-order valence-electron chi connectivity index (χ0n) is 22.9. The van der Waals surface area contributed by atoms with E-state index in [1.807, 2.05) is 69.3 Å². The van der Waals surface area contributed by atoms with Crippen LogP contribution in [0.15, 0.2) is 60.7 Å². The Morgan fingerprint density at radius 2 is 1.29 bits per heavy atom. The van der Waals surface area contributed by atoms with Crippen molar-refractivity contribution in [3.63, 3.8) is 0 Å². The Balaban J connectivity index is 2.41. The van der Waals surface area contributed by atoms with Gasteiger partial charge in [0.2, 0.25) is 0 Å². The molecule has 0 saturated carbocycles. The molecule has 3 aromatic carbocycles. The van der Waals surface area contributed by atoms with Crippen molar-refractivity contribution in [2.75, 3.05) is 41.7 Å². The molecule has 0 aliphatic carbocycles. The Labute approximate surface area is 225 Å². The summed E-state index contributed by atoms with van der Waals surface area (Å²) in [5.74, 6) is 0.639. The monoisotopic (exact) mass is 562 g/mol. The minimum absolute atomic E-state index is 0.353. The standard InChI is InChI=1S/C28H36O8P2/c1-8-35-22-15-16-23(26(19-22)37(29,31-4)32-5)20(3)24-17-18-25(36-9-2)27(21-13-11-10-12-14-21)28(24)38(30,33-6)34-7/h10-20H,8-9H2,1-7H3. The highest BCUT2D eigenvalue weighted by Gasteiger charge is 2.37. The zero-order chi connectivity index (χ0) is 27.9. The van der Waals surface area contributed by atoms with E-state index in [1.165, 1.54) is 28.4 Å². The second kappa shape index (κ2) is 13.1. The molecule has 0 spiro atoms. The van der Waals surface area contributed by atoms with E-state index in [-0.39, 0.29) is 0 Å². The van der Waals surface area contributed by atoms with Gasteiger partial charge in [0.25, 0.3) is 0 Å². The Hall–Kier alpha value is -2.44. The summed E-state index contributed by atoms with van der Waals surface area (Å²) in [6.07, 6.45) is 0. The molecule has 1 unspecified atom stereocenters. The van der Waals surface area contributed by atoms with Gasteiger partial charge in [-0.05, 0) is 48.7 Å². The second-order valence-electron chi connectivity index (χ2n) is 8.28. The highest BCUT2D eigenvalue weighted by atomic mass is 31.2. The average molecular weight is 563 g/mol. The predicted octanol–water partition coefficient (Wildman–Crippen LogP) is 6.53. The van der Waals surface area contributed by atoms with Gasteiger partial charge in [0.05, 0.1) is 23.8 Å². The molecule has 0 bridgehead atoms. The number of hydrogen-bond donors (Lipinski definition) is 0. The maximum Gasteiger partial charge on any atom is 0.361 e. The minimum atomic E-state index is -3.83. The van der Waals surface area contributed by atoms with Crippen LogP contribution < -0.4 is 20.1 Å². The Morgan fingerprint density at radius 3 is 1.84 bits per heavy atom. The van der Waals surface area contributed by atoms with E-state index < -0.39 is 21.1 Å². The van der Waals surface area contributed by atoms with Crippen LogP contribution >= 0.6 is 15.2 Å². The first-order valence-corrected chi connectivity index (χ1v) is 15.4. The molecule has 8 nitrogen and oxygen atoms in total. The summed E-state index contributed by atoms with van der Waals surface area (Å²) in [5, 5.41) is 0.725. The fraction of sp³-hybridized carbons (Fsp3) is 0.357. The first-order chi connectivity index (χ1) is 18.2. The van der Waals surface area contributed by atoms with Crippen molar-refractivity contribution in [1.82, 2.24) is 0 Å². The third kappa shape index (κ3) is 5.91. The number of benzene rings is 3. The highest BCUT2D eigenvalue weighted by molar-refractivity contribution is 7.63. The molecule has 0 radical (unpaired) electrons. The van der Waals surface area contributed by atoms with E-state index in [9.17, 15) is 9.13 Å². The van der Waals surface area contributed by atoms with Gasteiger partial charge in [-0.2, -0.15) is 0 Å². The van der Waals surface area contributed by atoms with E-state index in [2.05, 4.69) is 0 Å². The molecule has 0 fully saturated rings. The average Bonchev–Trinajstić information content (AvgIpc) is 2.96. The first kappa shape index (κ1) is 30.1. The van der Waals surface area contributed by atoms with E-state index in [1.54, 1.807) is 12.1 Å². The Kier molecular flexibility index (Phi) is 10.4. The molecule has 0 aliphatic rings. The quantitative estimate of drug-likeness (QED) is 0.218. The topological polar surface area (TPSA) is 89.5 Å². The van der Waals surface area contributed by atoms with Crippen LogP contribution in [0.25, 0.3) is 11.1 Å². The highest BCUT2D eigenvalue weighted by Crippen LogP contribution is 2.53. The summed E-state index contributed by atoms with van der Waals surface area (Å²) < 4.78 is 61.3. The van der Waals surface area contributed by atoms with Gasteiger partial charge in [-0.1, -0.05) is 49.4 Å². The van der Waals surface area contributed by atoms with E-state index in [0.29, 0.717) is 52.0 Å². The second-order valence-corrected chi connectivity index (χ2v) is 12.7. The zero-order valence-corrected chi connectivity index (χ0v) is 24.7. The largest absolute Gasteiger partial charge is 0.494 e. The van der Waals surface area contributed by atoms with Gasteiger partial charge in [0.15, 0.2) is 0 Å². The van der Waals surface area contributed by atoms with Gasteiger partial charge >= 0.3 is 15.2 Å². The third-order valence-corrected chi connectivity index (χ3v) is 10.2. The van der Waals surface area contributed by atoms with Crippen LogP contribution in [0.4, 0.5) is 0 Å². The van der Waals surface area contributed by atoms with Gasteiger partial charge in [-0.25, -0.2) is 0 Å². The molecule has 1 atom stereocenters. The molecule has 0 N–H and O–H groups in total. The molecule has 10 heteroatoms. The lowest BCUT2D eigenvalue weighted by molar-refractivity contribution is 0.286. The summed E-state index contributed by atoms with van der Waals surface area (Å²) >= 11 is 0. The lowest BCUT2D eigenvalue weighted by Crippen LogP contribution is -2.23. The Bertz CT molecular complexity index is 1310. The molecular formula is C28H36O8P2. The summed E-state index contributed by atoms with van der Waals surface area (Å²) in [6, 6.07) is 18.5. The van der Waals surface area contributed by atoms with Crippen molar-refractivity contribution in [2.24, 2.45) is 0 Å². The van der Waals surface area contributed by atoms with Crippen LogP contribution in [0, 0.1) is 0 Å². The van der Waals surface area contributed by atoms with E-state index >= 15 is 0 Å². The molecule has 0 aromatic heterocycles. The van der Waals surface area contributed by atoms with Gasteiger partial charge in [-0.3, -0.25) is 9.13 Å². The Morgan fingerprint density at radius 1 is 0.711 bits per heavy atom. The van der Waals surface area contributed by atoms with Crippen LogP contribution in [0.3, 0.4) is 0 Å². The molecule has 0 saturated heterocycles. The van der Waals surface area contributed by atoms with Crippen molar-refractivity contribution in [1.29, 1.82) is 0 Å².